The SMILES string of the molecule is CCCc1ccc2c(c1)C1CC=c3oc4ccc(Br)cc4c3=C1O2. The number of furan rings is 1. The van der Waals surface area contributed by atoms with E-state index in [0.717, 1.165) is 56.8 Å². The number of halogens is 1. The van der Waals surface area contributed by atoms with Crippen LogP contribution in [0.5, 0.6) is 5.75 Å². The fourth-order valence-corrected chi connectivity index (χ4v) is 4.27. The Morgan fingerprint density at radius 2 is 2.08 bits per heavy atom. The molecular formula is C21H17BrO2. The zero-order valence-corrected chi connectivity index (χ0v) is 15.0. The van der Waals surface area contributed by atoms with Gasteiger partial charge in [-0.1, -0.05) is 41.4 Å². The second-order valence-electron chi connectivity index (χ2n) is 6.56. The van der Waals surface area contributed by atoms with E-state index in [0.29, 0.717) is 5.92 Å². The molecule has 5 rings (SSSR count). The van der Waals surface area contributed by atoms with Gasteiger partial charge in [0, 0.05) is 15.4 Å². The lowest BCUT2D eigenvalue weighted by atomic mass is 9.90. The van der Waals surface area contributed by atoms with E-state index in [-0.39, 0.29) is 0 Å². The van der Waals surface area contributed by atoms with Crippen molar-refractivity contribution >= 4 is 38.7 Å². The normalized spacial score (nSPS) is 17.9. The molecule has 2 heterocycles. The first kappa shape index (κ1) is 14.4. The van der Waals surface area contributed by atoms with Gasteiger partial charge in [0.1, 0.15) is 22.5 Å². The van der Waals surface area contributed by atoms with Gasteiger partial charge in [0.2, 0.25) is 0 Å². The summed E-state index contributed by atoms with van der Waals surface area (Å²) in [7, 11) is 0. The average molecular weight is 381 g/mol. The first-order chi connectivity index (χ1) is 11.7. The molecule has 2 nitrogen and oxygen atoms in total. The molecule has 0 N–H and O–H groups in total. The molecule has 0 saturated heterocycles. The highest BCUT2D eigenvalue weighted by Crippen LogP contribution is 2.44. The molecule has 0 fully saturated rings. The lowest BCUT2D eigenvalue weighted by Gasteiger charge is -2.11. The molecule has 3 aromatic rings. The van der Waals surface area contributed by atoms with E-state index >= 15 is 0 Å². The minimum absolute atomic E-state index is 0.309. The fourth-order valence-electron chi connectivity index (χ4n) is 3.91. The summed E-state index contributed by atoms with van der Waals surface area (Å²) in [6.45, 7) is 2.22. The van der Waals surface area contributed by atoms with Crippen LogP contribution in [0.1, 0.15) is 36.8 Å². The third-order valence-corrected chi connectivity index (χ3v) is 5.48. The molecule has 2 aromatic carbocycles. The number of aryl methyl sites for hydroxylation is 1. The summed E-state index contributed by atoms with van der Waals surface area (Å²) in [6, 6.07) is 12.8. The Morgan fingerprint density at radius 1 is 1.17 bits per heavy atom. The average Bonchev–Trinajstić information content (AvgIpc) is 3.12. The number of ether oxygens (including phenoxy) is 1. The molecule has 24 heavy (non-hydrogen) atoms. The highest BCUT2D eigenvalue weighted by atomic mass is 79.9. The quantitative estimate of drug-likeness (QED) is 0.647. The highest BCUT2D eigenvalue weighted by Gasteiger charge is 2.33. The van der Waals surface area contributed by atoms with Gasteiger partial charge in [-0.3, -0.25) is 0 Å². The van der Waals surface area contributed by atoms with E-state index in [1.165, 1.54) is 11.1 Å². The van der Waals surface area contributed by atoms with Gasteiger partial charge in [0.15, 0.2) is 0 Å². The highest BCUT2D eigenvalue weighted by molar-refractivity contribution is 9.10. The molecule has 0 amide bonds. The minimum atomic E-state index is 0.309. The minimum Gasteiger partial charge on any atom is -0.460 e. The Bertz CT molecular complexity index is 1090. The molecule has 1 aliphatic carbocycles. The van der Waals surface area contributed by atoms with Crippen LogP contribution in [0, 0.1) is 0 Å². The van der Waals surface area contributed by atoms with Crippen molar-refractivity contribution in [1.82, 2.24) is 0 Å². The number of hydrogen-bond acceptors (Lipinski definition) is 2. The summed E-state index contributed by atoms with van der Waals surface area (Å²) in [5.74, 6) is 2.36. The lowest BCUT2D eigenvalue weighted by molar-refractivity contribution is 0.501. The van der Waals surface area contributed by atoms with Crippen molar-refractivity contribution < 1.29 is 9.15 Å². The van der Waals surface area contributed by atoms with E-state index < -0.39 is 0 Å². The molecule has 1 unspecified atom stereocenters. The van der Waals surface area contributed by atoms with Crippen molar-refractivity contribution in [1.29, 1.82) is 0 Å². The first-order valence-electron chi connectivity index (χ1n) is 8.47. The molecule has 3 heteroatoms. The zero-order valence-electron chi connectivity index (χ0n) is 13.4. The fraction of sp³-hybridized carbons (Fsp3) is 0.238. The molecule has 2 aliphatic rings. The number of fused-ring (bicyclic) bond motifs is 6. The van der Waals surface area contributed by atoms with Crippen molar-refractivity contribution in [2.45, 2.75) is 32.1 Å². The van der Waals surface area contributed by atoms with Crippen LogP contribution in [0.15, 0.2) is 45.3 Å². The maximum absolute atomic E-state index is 6.30. The van der Waals surface area contributed by atoms with Crippen LogP contribution < -0.4 is 15.4 Å². The Kier molecular flexibility index (Phi) is 3.14. The van der Waals surface area contributed by atoms with Gasteiger partial charge in [-0.25, -0.2) is 0 Å². The van der Waals surface area contributed by atoms with E-state index in [9.17, 15) is 0 Å². The van der Waals surface area contributed by atoms with Gasteiger partial charge in [-0.15, -0.1) is 0 Å². The maximum Gasteiger partial charge on any atom is 0.135 e. The van der Waals surface area contributed by atoms with Gasteiger partial charge < -0.3 is 9.15 Å². The van der Waals surface area contributed by atoms with Gasteiger partial charge in [-0.2, -0.15) is 0 Å². The van der Waals surface area contributed by atoms with Crippen molar-refractivity contribution in [3.05, 3.63) is 62.6 Å². The number of benzene rings is 2. The second kappa shape index (κ2) is 5.25. The van der Waals surface area contributed by atoms with Gasteiger partial charge >= 0.3 is 0 Å². The summed E-state index contributed by atoms with van der Waals surface area (Å²) >= 11 is 3.57. The molecular weight excluding hydrogens is 364 g/mol. The molecule has 1 atom stereocenters. The lowest BCUT2D eigenvalue weighted by Crippen LogP contribution is -2.29. The predicted molar refractivity (Wildman–Crippen MR) is 99.5 cm³/mol. The van der Waals surface area contributed by atoms with Crippen molar-refractivity contribution in [3.8, 4) is 5.75 Å². The third-order valence-electron chi connectivity index (χ3n) is 4.99. The first-order valence-corrected chi connectivity index (χ1v) is 9.27. The third kappa shape index (κ3) is 2.01. The molecule has 0 radical (unpaired) electrons. The largest absolute Gasteiger partial charge is 0.460 e. The van der Waals surface area contributed by atoms with E-state index in [2.05, 4.69) is 53.2 Å². The molecule has 1 aliphatic heterocycles. The topological polar surface area (TPSA) is 22.4 Å². The zero-order chi connectivity index (χ0) is 16.3. The second-order valence-corrected chi connectivity index (χ2v) is 7.48. The van der Waals surface area contributed by atoms with E-state index in [4.69, 9.17) is 9.15 Å². The van der Waals surface area contributed by atoms with E-state index in [1.54, 1.807) is 0 Å². The standard InChI is InChI=1S/C21H17BrO2/c1-2-3-12-4-7-17-15(10-12)14-6-9-19-20(21(14)24-17)16-11-13(22)5-8-18(16)23-19/h4-5,7-11,14H,2-3,6H2,1H3. The summed E-state index contributed by atoms with van der Waals surface area (Å²) in [4.78, 5) is 0. The summed E-state index contributed by atoms with van der Waals surface area (Å²) < 4.78 is 13.4. The Balaban J connectivity index is 1.77. The smallest absolute Gasteiger partial charge is 0.135 e. The van der Waals surface area contributed by atoms with Crippen molar-refractivity contribution in [3.63, 3.8) is 0 Å². The van der Waals surface area contributed by atoms with Crippen LogP contribution in [0.2, 0.25) is 0 Å². The van der Waals surface area contributed by atoms with Crippen molar-refractivity contribution in [2.24, 2.45) is 0 Å². The molecule has 120 valence electrons. The Hall–Kier alpha value is -2.00. The maximum atomic E-state index is 6.30. The van der Waals surface area contributed by atoms with Crippen LogP contribution in [0.3, 0.4) is 0 Å². The van der Waals surface area contributed by atoms with Gasteiger partial charge in [0.05, 0.1) is 11.1 Å². The van der Waals surface area contributed by atoms with Crippen LogP contribution in [0.25, 0.3) is 22.8 Å². The molecule has 0 bridgehead atoms. The Labute approximate surface area is 148 Å². The van der Waals surface area contributed by atoms with Crippen LogP contribution >= 0.6 is 15.9 Å². The van der Waals surface area contributed by atoms with E-state index in [1.807, 2.05) is 12.1 Å². The summed E-state index contributed by atoms with van der Waals surface area (Å²) in [5.41, 5.74) is 4.57. The molecule has 0 spiro atoms. The molecule has 1 aromatic heterocycles. The Morgan fingerprint density at radius 3 is 2.96 bits per heavy atom. The van der Waals surface area contributed by atoms with Crippen LogP contribution in [-0.2, 0) is 6.42 Å². The van der Waals surface area contributed by atoms with Crippen LogP contribution in [-0.4, -0.2) is 0 Å². The predicted octanol–water partition coefficient (Wildman–Crippen LogP) is 4.62. The van der Waals surface area contributed by atoms with Gasteiger partial charge in [-0.05, 0) is 48.7 Å². The van der Waals surface area contributed by atoms with Gasteiger partial charge in [0.25, 0.3) is 0 Å². The van der Waals surface area contributed by atoms with Crippen LogP contribution in [0.4, 0.5) is 0 Å². The number of hydrogen-bond donors (Lipinski definition) is 0. The van der Waals surface area contributed by atoms with Crippen molar-refractivity contribution in [2.75, 3.05) is 0 Å². The monoisotopic (exact) mass is 380 g/mol. The molecule has 0 saturated carbocycles. The summed E-state index contributed by atoms with van der Waals surface area (Å²) in [6.07, 6.45) is 5.43. The summed E-state index contributed by atoms with van der Waals surface area (Å²) in [5, 5.41) is 2.24. The number of rotatable bonds is 2.